The van der Waals surface area contributed by atoms with Gasteiger partial charge in [-0.1, -0.05) is 43.1 Å². The van der Waals surface area contributed by atoms with Crippen LogP contribution in [0.25, 0.3) is 0 Å². The zero-order chi connectivity index (χ0) is 14.5. The SMILES string of the molecule is CCCC(N)C(=O)N1CCCC1Cc1ccccc1Cl. The van der Waals surface area contributed by atoms with Crippen LogP contribution in [0.4, 0.5) is 0 Å². The van der Waals surface area contributed by atoms with Gasteiger partial charge < -0.3 is 10.6 Å². The van der Waals surface area contributed by atoms with Crippen LogP contribution in [0, 0.1) is 0 Å². The maximum atomic E-state index is 12.4. The Bertz CT molecular complexity index is 464. The average molecular weight is 295 g/mol. The topological polar surface area (TPSA) is 46.3 Å². The molecular weight excluding hydrogens is 272 g/mol. The number of hydrogen-bond acceptors (Lipinski definition) is 2. The molecule has 0 bridgehead atoms. The molecule has 1 aromatic carbocycles. The molecule has 0 radical (unpaired) electrons. The minimum atomic E-state index is -0.355. The number of carbonyl (C=O) groups is 1. The number of nitrogens with two attached hydrogens (primary N) is 1. The fraction of sp³-hybridized carbons (Fsp3) is 0.562. The predicted molar refractivity (Wildman–Crippen MR) is 82.8 cm³/mol. The second-order valence-electron chi connectivity index (χ2n) is 5.52. The molecule has 0 spiro atoms. The quantitative estimate of drug-likeness (QED) is 0.907. The number of hydrogen-bond donors (Lipinski definition) is 1. The highest BCUT2D eigenvalue weighted by atomic mass is 35.5. The van der Waals surface area contributed by atoms with Crippen molar-refractivity contribution in [3.8, 4) is 0 Å². The summed E-state index contributed by atoms with van der Waals surface area (Å²) in [4.78, 5) is 14.4. The summed E-state index contributed by atoms with van der Waals surface area (Å²) in [6.45, 7) is 2.88. The minimum absolute atomic E-state index is 0.0985. The molecule has 1 saturated heterocycles. The molecule has 1 aliphatic rings. The zero-order valence-corrected chi connectivity index (χ0v) is 12.8. The number of benzene rings is 1. The molecule has 3 nitrogen and oxygen atoms in total. The summed E-state index contributed by atoms with van der Waals surface area (Å²) in [6.07, 6.45) is 4.61. The number of rotatable bonds is 5. The van der Waals surface area contributed by atoms with E-state index in [9.17, 15) is 4.79 Å². The summed E-state index contributed by atoms with van der Waals surface area (Å²) in [6, 6.07) is 7.75. The van der Waals surface area contributed by atoms with Gasteiger partial charge in [-0.3, -0.25) is 4.79 Å². The van der Waals surface area contributed by atoms with Crippen molar-refractivity contribution in [2.75, 3.05) is 6.54 Å². The normalized spacial score (nSPS) is 20.1. The van der Waals surface area contributed by atoms with Gasteiger partial charge in [-0.25, -0.2) is 0 Å². The van der Waals surface area contributed by atoms with Gasteiger partial charge in [0.1, 0.15) is 0 Å². The van der Waals surface area contributed by atoms with Crippen LogP contribution in [-0.4, -0.2) is 29.4 Å². The lowest BCUT2D eigenvalue weighted by molar-refractivity contribution is -0.133. The molecule has 0 aromatic heterocycles. The zero-order valence-electron chi connectivity index (χ0n) is 12.0. The van der Waals surface area contributed by atoms with Gasteiger partial charge >= 0.3 is 0 Å². The van der Waals surface area contributed by atoms with E-state index >= 15 is 0 Å². The van der Waals surface area contributed by atoms with E-state index in [-0.39, 0.29) is 18.0 Å². The summed E-state index contributed by atoms with van der Waals surface area (Å²) in [5, 5.41) is 0.782. The Kier molecular flexibility index (Phi) is 5.44. The molecule has 0 saturated carbocycles. The van der Waals surface area contributed by atoms with Gasteiger partial charge in [-0.05, 0) is 37.3 Å². The van der Waals surface area contributed by atoms with Crippen molar-refractivity contribution in [3.05, 3.63) is 34.9 Å². The first-order valence-corrected chi connectivity index (χ1v) is 7.80. The maximum absolute atomic E-state index is 12.4. The molecule has 4 heteroatoms. The third-order valence-corrected chi connectivity index (χ3v) is 4.36. The van der Waals surface area contributed by atoms with E-state index in [1.807, 2.05) is 29.2 Å². The van der Waals surface area contributed by atoms with Crippen LogP contribution in [-0.2, 0) is 11.2 Å². The summed E-state index contributed by atoms with van der Waals surface area (Å²) in [5.74, 6) is 0.0985. The van der Waals surface area contributed by atoms with Crippen LogP contribution in [0.2, 0.25) is 5.02 Å². The Labute approximate surface area is 126 Å². The number of nitrogens with zero attached hydrogens (tertiary/aromatic N) is 1. The molecule has 20 heavy (non-hydrogen) atoms. The molecule has 2 atom stereocenters. The molecule has 1 aliphatic heterocycles. The molecule has 2 rings (SSSR count). The number of likely N-dealkylation sites (tertiary alicyclic amines) is 1. The molecule has 2 N–H and O–H groups in total. The fourth-order valence-electron chi connectivity index (χ4n) is 2.90. The molecule has 110 valence electrons. The van der Waals surface area contributed by atoms with Crippen LogP contribution >= 0.6 is 11.6 Å². The summed E-state index contributed by atoms with van der Waals surface area (Å²) < 4.78 is 0. The fourth-order valence-corrected chi connectivity index (χ4v) is 3.12. The maximum Gasteiger partial charge on any atom is 0.239 e. The standard InChI is InChI=1S/C16H23ClN2O/c1-2-6-15(18)16(20)19-10-5-8-13(19)11-12-7-3-4-9-14(12)17/h3-4,7,9,13,15H,2,5-6,8,10-11,18H2,1H3. The van der Waals surface area contributed by atoms with Crippen molar-refractivity contribution < 1.29 is 4.79 Å². The van der Waals surface area contributed by atoms with Crippen LogP contribution < -0.4 is 5.73 Å². The minimum Gasteiger partial charge on any atom is -0.338 e. The molecule has 0 aliphatic carbocycles. The molecule has 2 unspecified atom stereocenters. The molecule has 1 aromatic rings. The molecular formula is C16H23ClN2O. The first-order chi connectivity index (χ1) is 9.63. The first-order valence-electron chi connectivity index (χ1n) is 7.43. The van der Waals surface area contributed by atoms with E-state index in [0.29, 0.717) is 0 Å². The van der Waals surface area contributed by atoms with Crippen molar-refractivity contribution in [3.63, 3.8) is 0 Å². The van der Waals surface area contributed by atoms with Gasteiger partial charge in [-0.15, -0.1) is 0 Å². The predicted octanol–water partition coefficient (Wildman–Crippen LogP) is 3.00. The van der Waals surface area contributed by atoms with Gasteiger partial charge in [0.05, 0.1) is 6.04 Å². The number of amides is 1. The van der Waals surface area contributed by atoms with Gasteiger partial charge in [0.15, 0.2) is 0 Å². The van der Waals surface area contributed by atoms with Crippen LogP contribution in [0.3, 0.4) is 0 Å². The molecule has 1 heterocycles. The van der Waals surface area contributed by atoms with Gasteiger partial charge in [0.25, 0.3) is 0 Å². The third-order valence-electron chi connectivity index (χ3n) is 3.99. The van der Waals surface area contributed by atoms with Gasteiger partial charge in [0.2, 0.25) is 5.91 Å². The van der Waals surface area contributed by atoms with Crippen LogP contribution in [0.15, 0.2) is 24.3 Å². The van der Waals surface area contributed by atoms with Crippen molar-refractivity contribution >= 4 is 17.5 Å². The van der Waals surface area contributed by atoms with Crippen LogP contribution in [0.5, 0.6) is 0 Å². The van der Waals surface area contributed by atoms with Crippen molar-refractivity contribution in [2.45, 2.75) is 51.1 Å². The largest absolute Gasteiger partial charge is 0.338 e. The summed E-state index contributed by atoms with van der Waals surface area (Å²) >= 11 is 6.21. The molecule has 1 amide bonds. The Morgan fingerprint density at radius 3 is 2.95 bits per heavy atom. The third kappa shape index (κ3) is 3.53. The Morgan fingerprint density at radius 1 is 1.50 bits per heavy atom. The highest BCUT2D eigenvalue weighted by Gasteiger charge is 2.31. The molecule has 1 fully saturated rings. The Balaban J connectivity index is 2.04. The van der Waals surface area contributed by atoms with E-state index < -0.39 is 0 Å². The Morgan fingerprint density at radius 2 is 2.25 bits per heavy atom. The summed E-state index contributed by atoms with van der Waals surface area (Å²) in [7, 11) is 0. The average Bonchev–Trinajstić information content (AvgIpc) is 2.89. The monoisotopic (exact) mass is 294 g/mol. The van der Waals surface area contributed by atoms with Gasteiger partial charge in [-0.2, -0.15) is 0 Å². The van der Waals surface area contributed by atoms with Crippen molar-refractivity contribution in [1.82, 2.24) is 4.90 Å². The smallest absolute Gasteiger partial charge is 0.239 e. The second-order valence-corrected chi connectivity index (χ2v) is 5.93. The lowest BCUT2D eigenvalue weighted by Crippen LogP contribution is -2.46. The highest BCUT2D eigenvalue weighted by Crippen LogP contribution is 2.25. The Hall–Kier alpha value is -1.06. The van der Waals surface area contributed by atoms with Gasteiger partial charge in [0, 0.05) is 17.6 Å². The van der Waals surface area contributed by atoms with Crippen molar-refractivity contribution in [2.24, 2.45) is 5.73 Å². The van der Waals surface area contributed by atoms with Crippen LogP contribution in [0.1, 0.15) is 38.2 Å². The van der Waals surface area contributed by atoms with E-state index in [1.54, 1.807) is 0 Å². The highest BCUT2D eigenvalue weighted by molar-refractivity contribution is 6.31. The van der Waals surface area contributed by atoms with E-state index in [4.69, 9.17) is 17.3 Å². The van der Waals surface area contributed by atoms with E-state index in [0.717, 1.165) is 49.2 Å². The van der Waals surface area contributed by atoms with Crippen molar-refractivity contribution in [1.29, 1.82) is 0 Å². The lowest BCUT2D eigenvalue weighted by Gasteiger charge is -2.27. The number of carbonyl (C=O) groups excluding carboxylic acids is 1. The number of halogens is 1. The van der Waals surface area contributed by atoms with E-state index in [2.05, 4.69) is 6.92 Å². The lowest BCUT2D eigenvalue weighted by atomic mass is 10.0. The van der Waals surface area contributed by atoms with E-state index in [1.165, 1.54) is 0 Å². The summed E-state index contributed by atoms with van der Waals surface area (Å²) in [5.41, 5.74) is 7.09. The second kappa shape index (κ2) is 7.09. The first kappa shape index (κ1) is 15.3.